The third-order valence-electron chi connectivity index (χ3n) is 4.14. The Balaban J connectivity index is 0.00000261. The van der Waals surface area contributed by atoms with Crippen molar-refractivity contribution in [3.05, 3.63) is 59.9 Å². The highest BCUT2D eigenvalue weighted by atomic mass is 35.5. The number of nitrogens with zero attached hydrogens (tertiary/aromatic N) is 1. The summed E-state index contributed by atoms with van der Waals surface area (Å²) in [4.78, 5) is 26.3. The van der Waals surface area contributed by atoms with Crippen molar-refractivity contribution < 1.29 is 18.7 Å². The van der Waals surface area contributed by atoms with Crippen LogP contribution in [0.15, 0.2) is 48.5 Å². The number of anilines is 1. The van der Waals surface area contributed by atoms with Crippen LogP contribution in [-0.4, -0.2) is 42.5 Å². The average molecular weight is 394 g/mol. The van der Waals surface area contributed by atoms with Gasteiger partial charge in [-0.05, 0) is 30.7 Å². The molecule has 3 rings (SSSR count). The van der Waals surface area contributed by atoms with Crippen LogP contribution < -0.4 is 15.8 Å². The number of benzene rings is 2. The van der Waals surface area contributed by atoms with Crippen molar-refractivity contribution in [2.75, 3.05) is 25.0 Å². The van der Waals surface area contributed by atoms with Crippen LogP contribution in [0.3, 0.4) is 0 Å². The van der Waals surface area contributed by atoms with Gasteiger partial charge in [0.1, 0.15) is 11.6 Å². The highest BCUT2D eigenvalue weighted by molar-refractivity contribution is 5.97. The predicted molar refractivity (Wildman–Crippen MR) is 103 cm³/mol. The van der Waals surface area contributed by atoms with Gasteiger partial charge in [0.05, 0.1) is 11.3 Å². The standard InChI is InChI=1S/C19H20FN3O3.ClH/c20-15-6-2-3-7-16(15)22-18(24)12-26-17-8-4-1-5-14(17)19(25)23-10-9-13(21)11-23;/h1-8,13H,9-12,21H2,(H,22,24);1H/t13-;/m1./s1. The fourth-order valence-electron chi connectivity index (χ4n) is 2.80. The monoisotopic (exact) mass is 393 g/mol. The largest absolute Gasteiger partial charge is 0.483 e. The lowest BCUT2D eigenvalue weighted by atomic mass is 10.2. The van der Waals surface area contributed by atoms with Gasteiger partial charge in [0, 0.05) is 19.1 Å². The summed E-state index contributed by atoms with van der Waals surface area (Å²) in [5, 5.41) is 2.44. The third kappa shape index (κ3) is 5.18. The zero-order valence-corrected chi connectivity index (χ0v) is 15.4. The van der Waals surface area contributed by atoms with E-state index in [0.717, 1.165) is 6.42 Å². The molecular formula is C19H21ClFN3O3. The van der Waals surface area contributed by atoms with E-state index in [1.807, 2.05) is 0 Å². The zero-order valence-electron chi connectivity index (χ0n) is 14.6. The number of carbonyl (C=O) groups is 2. The Hall–Kier alpha value is -2.64. The Morgan fingerprint density at radius 2 is 1.89 bits per heavy atom. The van der Waals surface area contributed by atoms with Gasteiger partial charge in [-0.2, -0.15) is 0 Å². The molecule has 0 aliphatic carbocycles. The Bertz CT molecular complexity index is 818. The van der Waals surface area contributed by atoms with Gasteiger partial charge in [-0.3, -0.25) is 9.59 Å². The summed E-state index contributed by atoms with van der Waals surface area (Å²) in [6, 6.07) is 12.6. The second-order valence-corrected chi connectivity index (χ2v) is 6.11. The van der Waals surface area contributed by atoms with E-state index in [-0.39, 0.29) is 36.7 Å². The van der Waals surface area contributed by atoms with Gasteiger partial charge in [0.15, 0.2) is 6.61 Å². The van der Waals surface area contributed by atoms with Gasteiger partial charge in [-0.25, -0.2) is 4.39 Å². The fourth-order valence-corrected chi connectivity index (χ4v) is 2.80. The second-order valence-electron chi connectivity index (χ2n) is 6.11. The smallest absolute Gasteiger partial charge is 0.262 e. The highest BCUT2D eigenvalue weighted by Gasteiger charge is 2.26. The molecule has 1 aliphatic rings. The molecule has 2 aromatic rings. The van der Waals surface area contributed by atoms with Crippen LogP contribution >= 0.6 is 12.4 Å². The first-order valence-electron chi connectivity index (χ1n) is 8.35. The molecule has 1 fully saturated rings. The molecule has 6 nitrogen and oxygen atoms in total. The summed E-state index contributed by atoms with van der Waals surface area (Å²) in [5.41, 5.74) is 6.31. The van der Waals surface area contributed by atoms with Crippen molar-refractivity contribution in [1.29, 1.82) is 0 Å². The number of nitrogens with two attached hydrogens (primary N) is 1. The number of hydrogen-bond acceptors (Lipinski definition) is 4. The molecule has 144 valence electrons. The quantitative estimate of drug-likeness (QED) is 0.817. The molecule has 3 N–H and O–H groups in total. The van der Waals surface area contributed by atoms with Crippen LogP contribution in [0.25, 0.3) is 0 Å². The minimum Gasteiger partial charge on any atom is -0.483 e. The number of halogens is 2. The van der Waals surface area contributed by atoms with Crippen LogP contribution in [0.1, 0.15) is 16.8 Å². The summed E-state index contributed by atoms with van der Waals surface area (Å²) in [6.45, 7) is 0.765. The normalized spacial score (nSPS) is 15.8. The first-order valence-corrected chi connectivity index (χ1v) is 8.35. The Morgan fingerprint density at radius 1 is 1.19 bits per heavy atom. The van der Waals surface area contributed by atoms with Crippen molar-refractivity contribution in [1.82, 2.24) is 4.90 Å². The summed E-state index contributed by atoms with van der Waals surface area (Å²) >= 11 is 0. The molecule has 0 unspecified atom stereocenters. The maximum absolute atomic E-state index is 13.6. The lowest BCUT2D eigenvalue weighted by Gasteiger charge is -2.18. The fraction of sp³-hybridized carbons (Fsp3) is 0.263. The summed E-state index contributed by atoms with van der Waals surface area (Å²) < 4.78 is 19.1. The third-order valence-corrected chi connectivity index (χ3v) is 4.14. The van der Waals surface area contributed by atoms with Gasteiger partial charge in [-0.15, -0.1) is 12.4 Å². The van der Waals surface area contributed by atoms with Crippen LogP contribution in [0.5, 0.6) is 5.75 Å². The van der Waals surface area contributed by atoms with Gasteiger partial charge >= 0.3 is 0 Å². The van der Waals surface area contributed by atoms with Crippen LogP contribution in [0.2, 0.25) is 0 Å². The Kier molecular flexibility index (Phi) is 7.15. The van der Waals surface area contributed by atoms with Gasteiger partial charge < -0.3 is 20.7 Å². The van der Waals surface area contributed by atoms with Crippen LogP contribution in [-0.2, 0) is 4.79 Å². The van der Waals surface area contributed by atoms with E-state index in [1.54, 1.807) is 35.2 Å². The maximum atomic E-state index is 13.6. The lowest BCUT2D eigenvalue weighted by Crippen LogP contribution is -2.32. The Morgan fingerprint density at radius 3 is 2.59 bits per heavy atom. The van der Waals surface area contributed by atoms with Gasteiger partial charge in [-0.1, -0.05) is 24.3 Å². The molecule has 0 radical (unpaired) electrons. The molecule has 2 amide bonds. The molecule has 1 atom stereocenters. The van der Waals surface area contributed by atoms with Crippen molar-refractivity contribution in [3.8, 4) is 5.75 Å². The van der Waals surface area contributed by atoms with E-state index in [1.165, 1.54) is 18.2 Å². The summed E-state index contributed by atoms with van der Waals surface area (Å²) in [7, 11) is 0. The van der Waals surface area contributed by atoms with E-state index in [4.69, 9.17) is 10.5 Å². The highest BCUT2D eigenvalue weighted by Crippen LogP contribution is 2.22. The van der Waals surface area contributed by atoms with Crippen molar-refractivity contribution in [3.63, 3.8) is 0 Å². The minimum absolute atomic E-state index is 0. The number of rotatable bonds is 5. The van der Waals surface area contributed by atoms with E-state index in [9.17, 15) is 14.0 Å². The van der Waals surface area contributed by atoms with Crippen molar-refractivity contribution in [2.24, 2.45) is 5.73 Å². The molecule has 0 spiro atoms. The molecule has 1 heterocycles. The number of likely N-dealkylation sites (tertiary alicyclic amines) is 1. The topological polar surface area (TPSA) is 84.7 Å². The first kappa shape index (κ1) is 20.7. The number of para-hydroxylation sites is 2. The maximum Gasteiger partial charge on any atom is 0.262 e. The van der Waals surface area contributed by atoms with Gasteiger partial charge in [0.25, 0.3) is 11.8 Å². The Labute approximate surface area is 162 Å². The van der Waals surface area contributed by atoms with Crippen molar-refractivity contribution in [2.45, 2.75) is 12.5 Å². The number of hydrogen-bond donors (Lipinski definition) is 2. The lowest BCUT2D eigenvalue weighted by molar-refractivity contribution is -0.118. The SMILES string of the molecule is Cl.N[C@@H]1CCN(C(=O)c2ccccc2OCC(=O)Nc2ccccc2F)C1. The number of nitrogens with one attached hydrogen (secondary N) is 1. The second kappa shape index (κ2) is 9.34. The molecule has 27 heavy (non-hydrogen) atoms. The molecule has 0 bridgehead atoms. The first-order chi connectivity index (χ1) is 12.5. The average Bonchev–Trinajstić information content (AvgIpc) is 3.08. The number of amides is 2. The minimum atomic E-state index is -0.526. The molecular weight excluding hydrogens is 373 g/mol. The summed E-state index contributed by atoms with van der Waals surface area (Å²) in [6.07, 6.45) is 0.764. The van der Waals surface area contributed by atoms with Crippen LogP contribution in [0, 0.1) is 5.82 Å². The van der Waals surface area contributed by atoms with Crippen LogP contribution in [0.4, 0.5) is 10.1 Å². The molecule has 1 aliphatic heterocycles. The zero-order chi connectivity index (χ0) is 18.5. The van der Waals surface area contributed by atoms with E-state index >= 15 is 0 Å². The molecule has 2 aromatic carbocycles. The number of ether oxygens (including phenoxy) is 1. The molecule has 8 heteroatoms. The van der Waals surface area contributed by atoms with Crippen molar-refractivity contribution >= 4 is 29.9 Å². The predicted octanol–water partition coefficient (Wildman–Crippen LogP) is 2.44. The van der Waals surface area contributed by atoms with E-state index in [2.05, 4.69) is 5.32 Å². The van der Waals surface area contributed by atoms with E-state index < -0.39 is 11.7 Å². The van der Waals surface area contributed by atoms with Gasteiger partial charge in [0.2, 0.25) is 0 Å². The number of carbonyl (C=O) groups excluding carboxylic acids is 2. The summed E-state index contributed by atoms with van der Waals surface area (Å²) in [5.74, 6) is -0.910. The molecule has 0 saturated carbocycles. The van der Waals surface area contributed by atoms with E-state index in [0.29, 0.717) is 24.4 Å². The molecule has 1 saturated heterocycles. The molecule has 0 aromatic heterocycles.